The number of allylic oxidation sites excluding steroid dienone is 10. The summed E-state index contributed by atoms with van der Waals surface area (Å²) in [5.41, 5.74) is 2.98. The molecule has 0 saturated carbocycles. The van der Waals surface area contributed by atoms with Crippen molar-refractivity contribution in [2.45, 2.75) is 83.1 Å². The third-order valence-electron chi connectivity index (χ3n) is 8.83. The van der Waals surface area contributed by atoms with Gasteiger partial charge in [-0.05, 0) is 63.2 Å². The molecule has 2 aliphatic carbocycles. The number of azo groups is 2. The van der Waals surface area contributed by atoms with Gasteiger partial charge in [-0.2, -0.15) is 10.2 Å². The minimum Gasteiger partial charge on any atom is -0.289 e. The van der Waals surface area contributed by atoms with Crippen LogP contribution in [-0.2, 0) is 9.59 Å². The van der Waals surface area contributed by atoms with Crippen LogP contribution in [0, 0.1) is 21.7 Å². The minimum absolute atomic E-state index is 0.000853. The van der Waals surface area contributed by atoms with E-state index in [-0.39, 0.29) is 80.1 Å². The first-order chi connectivity index (χ1) is 25.1. The number of ketones is 2. The normalized spacial score (nSPS) is 16.2. The quantitative estimate of drug-likeness (QED) is 0.221. The SMILES string of the molecule is CC(C)(C)C1=CC(=C/N=N/c2c(Cl)cc(-c3c(Cl)c(Cl)c(/N=N/C=C4C=C(C(C)(C)C)C(=O)C(C(C)(C)C)=C4)c(Cl)c3Cl)c(Cl)c2Cl)C=C(C(C)(C)C)C1=O. The van der Waals surface area contributed by atoms with Crippen molar-refractivity contribution >= 4 is 104 Å². The predicted molar refractivity (Wildman–Crippen MR) is 232 cm³/mol. The highest BCUT2D eigenvalue weighted by atomic mass is 35.5. The standard InChI is InChI=1S/C42H43Cl7N4O2/c1-39(2,3)23-13-20(14-24(37(23)54)40(4,5)6)18-50-52-35-27(43)17-22(29(44)32(35)47)28-30(45)33(48)36(34(49)31(28)46)53-51-19-21-15-25(41(7,8)9)38(55)26(16-21)42(10,11)12/h13-19H,1-12H3/b52-50+,53-51+. The molecule has 2 aromatic rings. The van der Waals surface area contributed by atoms with Crippen LogP contribution < -0.4 is 0 Å². The Morgan fingerprint density at radius 1 is 0.455 bits per heavy atom. The highest BCUT2D eigenvalue weighted by Crippen LogP contribution is 2.54. The smallest absolute Gasteiger partial charge is 0.186 e. The van der Waals surface area contributed by atoms with E-state index in [9.17, 15) is 9.59 Å². The van der Waals surface area contributed by atoms with Gasteiger partial charge < -0.3 is 0 Å². The second-order valence-electron chi connectivity index (χ2n) is 17.4. The lowest BCUT2D eigenvalue weighted by atomic mass is 9.72. The van der Waals surface area contributed by atoms with E-state index in [0.717, 1.165) is 0 Å². The summed E-state index contributed by atoms with van der Waals surface area (Å²) in [5, 5.41) is 17.0. The van der Waals surface area contributed by atoms with Crippen LogP contribution in [0.2, 0.25) is 35.2 Å². The van der Waals surface area contributed by atoms with Gasteiger partial charge in [0.25, 0.3) is 0 Å². The van der Waals surface area contributed by atoms with Crippen LogP contribution in [0.5, 0.6) is 0 Å². The summed E-state index contributed by atoms with van der Waals surface area (Å²) < 4.78 is 0. The van der Waals surface area contributed by atoms with Gasteiger partial charge in [0, 0.05) is 33.4 Å². The molecule has 0 unspecified atom stereocenters. The summed E-state index contributed by atoms with van der Waals surface area (Å²) in [6.45, 7) is 23.8. The van der Waals surface area contributed by atoms with Crippen molar-refractivity contribution in [3.05, 3.63) is 111 Å². The van der Waals surface area contributed by atoms with Gasteiger partial charge in [-0.25, -0.2) is 0 Å². The van der Waals surface area contributed by atoms with Gasteiger partial charge in [0.2, 0.25) is 0 Å². The van der Waals surface area contributed by atoms with E-state index in [4.69, 9.17) is 81.2 Å². The van der Waals surface area contributed by atoms with Crippen molar-refractivity contribution in [2.75, 3.05) is 0 Å². The predicted octanol–water partition coefficient (Wildman–Crippen LogP) is 16.9. The fourth-order valence-electron chi connectivity index (χ4n) is 5.79. The molecule has 0 saturated heterocycles. The van der Waals surface area contributed by atoms with Crippen LogP contribution >= 0.6 is 81.2 Å². The molecule has 6 nitrogen and oxygen atoms in total. The number of halogens is 7. The Morgan fingerprint density at radius 3 is 1.09 bits per heavy atom. The average Bonchev–Trinajstić information content (AvgIpc) is 3.04. The van der Waals surface area contributed by atoms with Gasteiger partial charge >= 0.3 is 0 Å². The van der Waals surface area contributed by atoms with E-state index in [1.165, 1.54) is 18.5 Å². The third-order valence-corrected chi connectivity index (χ3v) is 11.7. The molecule has 0 bridgehead atoms. The topological polar surface area (TPSA) is 83.6 Å². The Labute approximate surface area is 359 Å². The Bertz CT molecular complexity index is 2140. The van der Waals surface area contributed by atoms with Gasteiger partial charge in [0.15, 0.2) is 11.6 Å². The van der Waals surface area contributed by atoms with Crippen LogP contribution in [0.25, 0.3) is 11.1 Å². The average molecular weight is 884 g/mol. The first-order valence-electron chi connectivity index (χ1n) is 17.3. The van der Waals surface area contributed by atoms with Gasteiger partial charge in [-0.1, -0.05) is 164 Å². The molecule has 0 fully saturated rings. The number of benzene rings is 2. The lowest BCUT2D eigenvalue weighted by molar-refractivity contribution is -0.114. The summed E-state index contributed by atoms with van der Waals surface area (Å²) in [6.07, 6.45) is 10.3. The molecule has 0 atom stereocenters. The summed E-state index contributed by atoms with van der Waals surface area (Å²) in [6, 6.07) is 1.49. The lowest BCUT2D eigenvalue weighted by Gasteiger charge is -2.31. The number of rotatable bonds is 5. The van der Waals surface area contributed by atoms with Crippen molar-refractivity contribution in [3.63, 3.8) is 0 Å². The van der Waals surface area contributed by atoms with E-state index in [0.29, 0.717) is 33.4 Å². The van der Waals surface area contributed by atoms with Crippen LogP contribution in [-0.4, -0.2) is 11.6 Å². The molecule has 0 aliphatic heterocycles. The molecule has 0 heterocycles. The van der Waals surface area contributed by atoms with E-state index in [2.05, 4.69) is 20.5 Å². The molecular weight excluding hydrogens is 841 g/mol. The molecule has 13 heteroatoms. The summed E-state index contributed by atoms with van der Waals surface area (Å²) in [5.74, 6) is 0.00466. The zero-order valence-electron chi connectivity index (χ0n) is 32.8. The zero-order chi connectivity index (χ0) is 41.7. The Morgan fingerprint density at radius 2 is 0.764 bits per heavy atom. The summed E-state index contributed by atoms with van der Waals surface area (Å²) in [4.78, 5) is 26.6. The molecule has 4 rings (SSSR count). The van der Waals surface area contributed by atoms with Gasteiger partial charge in [-0.15, -0.1) is 10.2 Å². The minimum atomic E-state index is -0.396. The maximum atomic E-state index is 13.3. The van der Waals surface area contributed by atoms with Crippen molar-refractivity contribution in [1.82, 2.24) is 0 Å². The van der Waals surface area contributed by atoms with Crippen molar-refractivity contribution in [2.24, 2.45) is 42.1 Å². The van der Waals surface area contributed by atoms with Crippen LogP contribution in [0.4, 0.5) is 11.4 Å². The van der Waals surface area contributed by atoms with E-state index >= 15 is 0 Å². The number of hydrogen-bond acceptors (Lipinski definition) is 6. The maximum Gasteiger partial charge on any atom is 0.186 e. The van der Waals surface area contributed by atoms with Crippen LogP contribution in [0.1, 0.15) is 83.1 Å². The number of carbonyl (C=O) groups is 2. The number of nitrogens with zero attached hydrogens (tertiary/aromatic N) is 4. The van der Waals surface area contributed by atoms with E-state index < -0.39 is 10.8 Å². The van der Waals surface area contributed by atoms with Gasteiger partial charge in [-0.3, -0.25) is 9.59 Å². The Balaban J connectivity index is 1.75. The highest BCUT2D eigenvalue weighted by Gasteiger charge is 2.35. The molecule has 2 aromatic carbocycles. The Kier molecular flexibility index (Phi) is 13.4. The van der Waals surface area contributed by atoms with E-state index in [1.807, 2.05) is 95.2 Å². The molecule has 0 spiro atoms. The lowest BCUT2D eigenvalue weighted by Crippen LogP contribution is -2.27. The fraction of sp³-hybridized carbons (Fsp3) is 0.381. The maximum absolute atomic E-state index is 13.3. The van der Waals surface area contributed by atoms with Gasteiger partial charge in [0.1, 0.15) is 11.4 Å². The molecule has 0 amide bonds. The van der Waals surface area contributed by atoms with Crippen molar-refractivity contribution in [3.8, 4) is 11.1 Å². The molecule has 292 valence electrons. The largest absolute Gasteiger partial charge is 0.289 e. The highest BCUT2D eigenvalue weighted by molar-refractivity contribution is 6.54. The van der Waals surface area contributed by atoms with Crippen molar-refractivity contribution in [1.29, 1.82) is 0 Å². The number of Topliss-reactive ketones (excluding diaryl/α,β-unsaturated/α-hetero) is 2. The fourth-order valence-corrected chi connectivity index (χ4v) is 7.68. The monoisotopic (exact) mass is 880 g/mol. The first-order valence-corrected chi connectivity index (χ1v) is 20.0. The molecule has 2 aliphatic rings. The Hall–Kier alpha value is -2.55. The molecule has 0 radical (unpaired) electrons. The van der Waals surface area contributed by atoms with Crippen LogP contribution in [0.15, 0.2) is 96.7 Å². The third kappa shape index (κ3) is 9.77. The summed E-state index contributed by atoms with van der Waals surface area (Å²) >= 11 is 47.3. The number of carbonyl (C=O) groups excluding carboxylic acids is 2. The number of hydrogen-bond donors (Lipinski definition) is 0. The van der Waals surface area contributed by atoms with E-state index in [1.54, 1.807) is 12.2 Å². The molecule has 55 heavy (non-hydrogen) atoms. The second-order valence-corrected chi connectivity index (χ2v) is 20.1. The van der Waals surface area contributed by atoms with Crippen molar-refractivity contribution < 1.29 is 9.59 Å². The zero-order valence-corrected chi connectivity index (χ0v) is 38.1. The summed E-state index contributed by atoms with van der Waals surface area (Å²) in [7, 11) is 0. The first kappa shape index (κ1) is 45.2. The molecule has 0 N–H and O–H groups in total. The van der Waals surface area contributed by atoms with Crippen LogP contribution in [0.3, 0.4) is 0 Å². The molecule has 0 aromatic heterocycles. The van der Waals surface area contributed by atoms with Gasteiger partial charge in [0.05, 0.1) is 47.6 Å². The molecular formula is C42H43Cl7N4O2. The second kappa shape index (κ2) is 16.4.